The van der Waals surface area contributed by atoms with Crippen molar-refractivity contribution < 1.29 is 9.53 Å². The molecule has 0 aliphatic carbocycles. The van der Waals surface area contributed by atoms with Crippen LogP contribution in [-0.2, 0) is 11.8 Å². The minimum absolute atomic E-state index is 0.0141. The van der Waals surface area contributed by atoms with Crippen LogP contribution < -0.4 is 5.73 Å². The van der Waals surface area contributed by atoms with Gasteiger partial charge in [0.25, 0.3) is 0 Å². The second-order valence-electron chi connectivity index (χ2n) is 8.09. The van der Waals surface area contributed by atoms with Crippen LogP contribution in [0.2, 0.25) is 0 Å². The highest BCUT2D eigenvalue weighted by atomic mass is 32.2. The van der Waals surface area contributed by atoms with Crippen molar-refractivity contribution in [3.63, 3.8) is 0 Å². The molecular weight excluding hydrogens is 390 g/mol. The maximum atomic E-state index is 12.5. The van der Waals surface area contributed by atoms with Gasteiger partial charge in [0.2, 0.25) is 0 Å². The highest BCUT2D eigenvalue weighted by Crippen LogP contribution is 2.35. The van der Waals surface area contributed by atoms with E-state index >= 15 is 0 Å². The quantitative estimate of drug-likeness (QED) is 0.686. The van der Waals surface area contributed by atoms with Gasteiger partial charge < -0.3 is 15.4 Å². The number of ether oxygens (including phenoxy) is 1. The average molecular weight is 416 g/mol. The summed E-state index contributed by atoms with van der Waals surface area (Å²) in [6, 6.07) is 1.84. The number of hydrogen-bond donors (Lipinski definition) is 1. The number of nitrogens with zero attached hydrogens (tertiary/aromatic N) is 6. The first-order valence-corrected chi connectivity index (χ1v) is 10.5. The molecule has 1 fully saturated rings. The minimum Gasteiger partial charge on any atom is -0.444 e. The molecule has 1 aliphatic heterocycles. The van der Waals surface area contributed by atoms with Crippen molar-refractivity contribution in [2.45, 2.75) is 31.6 Å². The third-order valence-corrected chi connectivity index (χ3v) is 5.79. The van der Waals surface area contributed by atoms with E-state index in [0.717, 1.165) is 22.6 Å². The zero-order valence-electron chi connectivity index (χ0n) is 17.0. The van der Waals surface area contributed by atoms with Gasteiger partial charge in [-0.25, -0.2) is 9.78 Å². The Hall–Kier alpha value is -2.75. The van der Waals surface area contributed by atoms with E-state index in [1.54, 1.807) is 38.3 Å². The van der Waals surface area contributed by atoms with Gasteiger partial charge in [0.05, 0.1) is 23.3 Å². The molecule has 2 N–H and O–H groups in total. The van der Waals surface area contributed by atoms with Crippen LogP contribution in [0.25, 0.3) is 16.8 Å². The summed E-state index contributed by atoms with van der Waals surface area (Å²) in [4.78, 5) is 19.1. The number of hydrogen-bond acceptors (Lipinski definition) is 7. The molecule has 1 amide bonds. The van der Waals surface area contributed by atoms with E-state index < -0.39 is 5.60 Å². The summed E-state index contributed by atoms with van der Waals surface area (Å²) < 4.78 is 8.90. The Morgan fingerprint density at radius 2 is 2.10 bits per heavy atom. The van der Waals surface area contributed by atoms with Crippen LogP contribution in [0.15, 0.2) is 24.7 Å². The number of aromatic nitrogens is 5. The van der Waals surface area contributed by atoms with E-state index in [4.69, 9.17) is 15.5 Å². The monoisotopic (exact) mass is 415 g/mol. The molecule has 1 atom stereocenters. The van der Waals surface area contributed by atoms with Gasteiger partial charge >= 0.3 is 6.09 Å². The van der Waals surface area contributed by atoms with Crippen LogP contribution in [0.4, 0.5) is 10.6 Å². The number of carbonyl (C=O) groups is 1. The highest BCUT2D eigenvalue weighted by molar-refractivity contribution is 7.99. The molecule has 0 bridgehead atoms. The van der Waals surface area contributed by atoms with Crippen LogP contribution >= 0.6 is 11.8 Å². The van der Waals surface area contributed by atoms with Gasteiger partial charge in [-0.3, -0.25) is 4.68 Å². The molecule has 3 aromatic rings. The number of amides is 1. The summed E-state index contributed by atoms with van der Waals surface area (Å²) in [6.07, 6.45) is 5.15. The highest BCUT2D eigenvalue weighted by Gasteiger charge is 2.30. The summed E-state index contributed by atoms with van der Waals surface area (Å²) in [5, 5.41) is 8.62. The summed E-state index contributed by atoms with van der Waals surface area (Å²) in [5.74, 6) is 1.32. The van der Waals surface area contributed by atoms with Crippen molar-refractivity contribution in [2.75, 3.05) is 24.6 Å². The van der Waals surface area contributed by atoms with Crippen molar-refractivity contribution in [2.24, 2.45) is 7.05 Å². The van der Waals surface area contributed by atoms with Crippen molar-refractivity contribution in [3.8, 4) is 11.1 Å². The molecule has 0 saturated carbocycles. The molecular formula is C19H25N7O2S. The number of rotatable bonds is 2. The summed E-state index contributed by atoms with van der Waals surface area (Å²) in [6.45, 7) is 6.80. The molecule has 10 heteroatoms. The zero-order chi connectivity index (χ0) is 20.8. The predicted octanol–water partition coefficient (Wildman–Crippen LogP) is 2.74. The molecule has 0 spiro atoms. The molecule has 0 radical (unpaired) electrons. The lowest BCUT2D eigenvalue weighted by Gasteiger charge is -2.33. The fourth-order valence-electron chi connectivity index (χ4n) is 3.26. The third-order valence-electron chi connectivity index (χ3n) is 4.58. The molecule has 4 heterocycles. The second kappa shape index (κ2) is 7.25. The van der Waals surface area contributed by atoms with Crippen molar-refractivity contribution >= 4 is 29.3 Å². The lowest BCUT2D eigenvalue weighted by molar-refractivity contribution is 0.0256. The van der Waals surface area contributed by atoms with E-state index in [0.29, 0.717) is 24.6 Å². The predicted molar refractivity (Wildman–Crippen MR) is 113 cm³/mol. The van der Waals surface area contributed by atoms with Crippen molar-refractivity contribution in [3.05, 3.63) is 30.4 Å². The van der Waals surface area contributed by atoms with E-state index in [1.165, 1.54) is 0 Å². The van der Waals surface area contributed by atoms with Crippen LogP contribution in [0.1, 0.15) is 31.7 Å². The number of nitrogen functional groups attached to an aromatic ring is 1. The van der Waals surface area contributed by atoms with Crippen LogP contribution in [0, 0.1) is 0 Å². The Kier molecular flexibility index (Phi) is 4.89. The Morgan fingerprint density at radius 3 is 2.79 bits per heavy atom. The van der Waals surface area contributed by atoms with Gasteiger partial charge in [0.1, 0.15) is 11.4 Å². The molecule has 3 aromatic heterocycles. The summed E-state index contributed by atoms with van der Waals surface area (Å²) in [7, 11) is 1.87. The first-order valence-electron chi connectivity index (χ1n) is 9.44. The Bertz CT molecular complexity index is 1050. The van der Waals surface area contributed by atoms with E-state index in [1.807, 2.05) is 40.1 Å². The lowest BCUT2D eigenvalue weighted by atomic mass is 10.2. The molecule has 29 heavy (non-hydrogen) atoms. The van der Waals surface area contributed by atoms with Gasteiger partial charge in [-0.2, -0.15) is 14.7 Å². The minimum atomic E-state index is -0.519. The van der Waals surface area contributed by atoms with Gasteiger partial charge in [0.15, 0.2) is 5.65 Å². The largest absolute Gasteiger partial charge is 0.444 e. The van der Waals surface area contributed by atoms with Gasteiger partial charge in [-0.05, 0) is 20.8 Å². The third kappa shape index (κ3) is 4.02. The number of fused-ring (bicyclic) bond motifs is 1. The maximum Gasteiger partial charge on any atom is 0.410 e. The summed E-state index contributed by atoms with van der Waals surface area (Å²) in [5.41, 5.74) is 9.06. The number of thioether (sulfide) groups is 1. The van der Waals surface area contributed by atoms with Crippen LogP contribution in [-0.4, -0.2) is 59.8 Å². The Labute approximate surface area is 173 Å². The second-order valence-corrected chi connectivity index (χ2v) is 9.40. The molecule has 1 aliphatic rings. The van der Waals surface area contributed by atoms with Gasteiger partial charge in [0, 0.05) is 49.3 Å². The first-order chi connectivity index (χ1) is 13.7. The molecule has 4 rings (SSSR count). The zero-order valence-corrected chi connectivity index (χ0v) is 17.8. The fraction of sp³-hybridized carbons (Fsp3) is 0.474. The van der Waals surface area contributed by atoms with E-state index in [-0.39, 0.29) is 11.3 Å². The molecule has 0 aromatic carbocycles. The molecule has 9 nitrogen and oxygen atoms in total. The first kappa shape index (κ1) is 19.6. The standard InChI is InChI=1S/C19H25N7O2S/c1-19(2,3)28-18(27)25-5-6-29-15(11-25)14-7-16(20)26-17(23-14)13(9-22-26)12-8-21-24(4)10-12/h7-10,15H,5-6,11,20H2,1-4H3. The maximum absolute atomic E-state index is 12.5. The topological polar surface area (TPSA) is 104 Å². The lowest BCUT2D eigenvalue weighted by Crippen LogP contribution is -2.42. The average Bonchev–Trinajstić information content (AvgIpc) is 3.26. The summed E-state index contributed by atoms with van der Waals surface area (Å²) >= 11 is 1.77. The normalized spacial score (nSPS) is 17.7. The number of nitrogens with two attached hydrogens (primary N) is 1. The number of anilines is 1. The van der Waals surface area contributed by atoms with Crippen molar-refractivity contribution in [1.29, 1.82) is 0 Å². The van der Waals surface area contributed by atoms with Gasteiger partial charge in [-0.15, -0.1) is 11.8 Å². The molecule has 1 unspecified atom stereocenters. The SMILES string of the molecule is Cn1cc(-c2cnn3c(N)cc(C4CN(C(=O)OC(C)(C)C)CCS4)nc23)cn1. The van der Waals surface area contributed by atoms with Crippen LogP contribution in [0.5, 0.6) is 0 Å². The number of carbonyl (C=O) groups excluding carboxylic acids is 1. The fourth-order valence-corrected chi connectivity index (χ4v) is 4.44. The smallest absolute Gasteiger partial charge is 0.410 e. The van der Waals surface area contributed by atoms with Crippen LogP contribution in [0.3, 0.4) is 0 Å². The Morgan fingerprint density at radius 1 is 1.31 bits per heavy atom. The van der Waals surface area contributed by atoms with E-state index in [2.05, 4.69) is 10.2 Å². The molecule has 1 saturated heterocycles. The van der Waals surface area contributed by atoms with Gasteiger partial charge in [-0.1, -0.05) is 0 Å². The number of aryl methyl sites for hydroxylation is 1. The van der Waals surface area contributed by atoms with E-state index in [9.17, 15) is 4.79 Å². The Balaban J connectivity index is 1.64. The van der Waals surface area contributed by atoms with Crippen molar-refractivity contribution in [1.82, 2.24) is 29.3 Å². The molecule has 154 valence electrons.